The van der Waals surface area contributed by atoms with Crippen LogP contribution in [0.1, 0.15) is 44.7 Å². The summed E-state index contributed by atoms with van der Waals surface area (Å²) in [5.74, 6) is 6.51. The Morgan fingerprint density at radius 3 is 1.55 bits per heavy atom. The molecule has 2 aromatic rings. The van der Waals surface area contributed by atoms with E-state index < -0.39 is 5.60 Å². The van der Waals surface area contributed by atoms with Crippen molar-refractivity contribution in [1.82, 2.24) is 0 Å². The molecule has 0 heterocycles. The van der Waals surface area contributed by atoms with Crippen molar-refractivity contribution >= 4 is 0 Å². The molecule has 1 N–H and O–H groups in total. The number of benzene rings is 2. The highest BCUT2D eigenvalue weighted by Gasteiger charge is 2.30. The van der Waals surface area contributed by atoms with Gasteiger partial charge in [0.05, 0.1) is 0 Å². The Morgan fingerprint density at radius 1 is 0.773 bits per heavy atom. The van der Waals surface area contributed by atoms with Gasteiger partial charge in [0.2, 0.25) is 0 Å². The Kier molecular flexibility index (Phi) is 5.06. The molecular formula is C21H24O. The zero-order chi connectivity index (χ0) is 16.1. The van der Waals surface area contributed by atoms with Gasteiger partial charge < -0.3 is 5.11 Å². The van der Waals surface area contributed by atoms with E-state index >= 15 is 0 Å². The lowest BCUT2D eigenvalue weighted by atomic mass is 9.82. The van der Waals surface area contributed by atoms with Gasteiger partial charge in [-0.3, -0.25) is 0 Å². The quantitative estimate of drug-likeness (QED) is 0.806. The molecule has 0 aromatic heterocycles. The summed E-state index contributed by atoms with van der Waals surface area (Å²) in [7, 11) is 0. The zero-order valence-corrected chi connectivity index (χ0v) is 13.6. The van der Waals surface area contributed by atoms with Gasteiger partial charge in [-0.25, -0.2) is 0 Å². The lowest BCUT2D eigenvalue weighted by Crippen LogP contribution is -2.26. The molecule has 1 nitrogen and oxygen atoms in total. The Labute approximate surface area is 134 Å². The van der Waals surface area contributed by atoms with Gasteiger partial charge in [0.1, 0.15) is 0 Å². The van der Waals surface area contributed by atoms with Gasteiger partial charge in [-0.1, -0.05) is 86.4 Å². The van der Waals surface area contributed by atoms with Crippen LogP contribution in [0.5, 0.6) is 0 Å². The summed E-state index contributed by atoms with van der Waals surface area (Å²) in [5, 5.41) is 11.3. The van der Waals surface area contributed by atoms with Gasteiger partial charge in [-0.15, -0.1) is 0 Å². The molecule has 0 aliphatic rings. The fourth-order valence-electron chi connectivity index (χ4n) is 2.34. The van der Waals surface area contributed by atoms with Crippen molar-refractivity contribution in [1.29, 1.82) is 0 Å². The fourth-order valence-corrected chi connectivity index (χ4v) is 2.34. The molecule has 0 atom stereocenters. The van der Waals surface area contributed by atoms with Crippen LogP contribution in [0.25, 0.3) is 0 Å². The second-order valence-electron chi connectivity index (χ2n) is 5.96. The van der Waals surface area contributed by atoms with Crippen LogP contribution in [0.2, 0.25) is 0 Å². The Hall–Kier alpha value is -2.04. The van der Waals surface area contributed by atoms with Gasteiger partial charge in [0, 0.05) is 16.5 Å². The average Bonchev–Trinajstić information content (AvgIpc) is 2.61. The van der Waals surface area contributed by atoms with E-state index in [2.05, 4.69) is 32.6 Å². The standard InChI is InChI=1S/C21H24O/c1-4-20(3,5-2)16-17-21(22,18-12-8-6-9-13-18)19-14-10-7-11-15-19/h6-15,22H,4-5H2,1-3H3. The normalized spacial score (nSPS) is 11.6. The lowest BCUT2D eigenvalue weighted by molar-refractivity contribution is 0.144. The van der Waals surface area contributed by atoms with E-state index in [0.29, 0.717) is 0 Å². The molecule has 0 saturated heterocycles. The van der Waals surface area contributed by atoms with E-state index in [4.69, 9.17) is 0 Å². The molecule has 0 radical (unpaired) electrons. The second kappa shape index (κ2) is 6.81. The van der Waals surface area contributed by atoms with Crippen molar-refractivity contribution < 1.29 is 5.11 Å². The largest absolute Gasteiger partial charge is 0.369 e. The highest BCUT2D eigenvalue weighted by Crippen LogP contribution is 2.31. The van der Waals surface area contributed by atoms with Crippen molar-refractivity contribution in [2.24, 2.45) is 5.41 Å². The molecule has 0 spiro atoms. The summed E-state index contributed by atoms with van der Waals surface area (Å²) in [5.41, 5.74) is 0.276. The Morgan fingerprint density at radius 2 is 1.18 bits per heavy atom. The van der Waals surface area contributed by atoms with Gasteiger partial charge in [-0.05, 0) is 19.8 Å². The maximum atomic E-state index is 11.3. The van der Waals surface area contributed by atoms with Crippen LogP contribution in [-0.4, -0.2) is 5.11 Å². The molecule has 0 bridgehead atoms. The van der Waals surface area contributed by atoms with Gasteiger partial charge in [0.15, 0.2) is 5.60 Å². The molecule has 0 aliphatic carbocycles. The monoisotopic (exact) mass is 292 g/mol. The van der Waals surface area contributed by atoms with Crippen molar-refractivity contribution in [2.75, 3.05) is 0 Å². The molecule has 0 aliphatic heterocycles. The van der Waals surface area contributed by atoms with E-state index in [0.717, 1.165) is 24.0 Å². The summed E-state index contributed by atoms with van der Waals surface area (Å²) < 4.78 is 0. The highest BCUT2D eigenvalue weighted by atomic mass is 16.3. The molecule has 0 amide bonds. The van der Waals surface area contributed by atoms with Crippen molar-refractivity contribution in [3.05, 3.63) is 71.8 Å². The van der Waals surface area contributed by atoms with Crippen LogP contribution in [0.15, 0.2) is 60.7 Å². The molecule has 22 heavy (non-hydrogen) atoms. The van der Waals surface area contributed by atoms with Gasteiger partial charge in [0.25, 0.3) is 0 Å². The minimum atomic E-state index is -1.27. The summed E-state index contributed by atoms with van der Waals surface area (Å²) in [6, 6.07) is 19.3. The average molecular weight is 292 g/mol. The van der Waals surface area contributed by atoms with Crippen molar-refractivity contribution in [3.8, 4) is 11.8 Å². The topological polar surface area (TPSA) is 20.2 Å². The summed E-state index contributed by atoms with van der Waals surface area (Å²) in [6.07, 6.45) is 1.94. The minimum absolute atomic E-state index is 0.0719. The van der Waals surface area contributed by atoms with Crippen LogP contribution < -0.4 is 0 Å². The smallest absolute Gasteiger partial charge is 0.176 e. The van der Waals surface area contributed by atoms with Crippen LogP contribution in [-0.2, 0) is 5.60 Å². The second-order valence-corrected chi connectivity index (χ2v) is 5.96. The van der Waals surface area contributed by atoms with Crippen LogP contribution in [0, 0.1) is 17.3 Å². The van der Waals surface area contributed by atoms with E-state index in [1.165, 1.54) is 0 Å². The lowest BCUT2D eigenvalue weighted by Gasteiger charge is -2.25. The first kappa shape index (κ1) is 16.3. The van der Waals surface area contributed by atoms with Crippen molar-refractivity contribution in [2.45, 2.75) is 39.2 Å². The third-order valence-electron chi connectivity index (χ3n) is 4.49. The molecule has 0 fully saturated rings. The summed E-state index contributed by atoms with van der Waals surface area (Å²) in [4.78, 5) is 0. The Balaban J connectivity index is 2.56. The highest BCUT2D eigenvalue weighted by molar-refractivity contribution is 5.44. The van der Waals surface area contributed by atoms with Gasteiger partial charge in [-0.2, -0.15) is 0 Å². The molecule has 0 unspecified atom stereocenters. The van der Waals surface area contributed by atoms with E-state index in [9.17, 15) is 5.11 Å². The number of hydrogen-bond donors (Lipinski definition) is 1. The maximum Gasteiger partial charge on any atom is 0.176 e. The number of rotatable bonds is 4. The predicted molar refractivity (Wildman–Crippen MR) is 92.3 cm³/mol. The minimum Gasteiger partial charge on any atom is -0.369 e. The SMILES string of the molecule is CCC(C)(C#CC(O)(c1ccccc1)c1ccccc1)CC. The number of aliphatic hydroxyl groups is 1. The maximum absolute atomic E-state index is 11.3. The van der Waals surface area contributed by atoms with Crippen LogP contribution in [0.3, 0.4) is 0 Å². The van der Waals surface area contributed by atoms with E-state index in [1.807, 2.05) is 60.7 Å². The van der Waals surface area contributed by atoms with Gasteiger partial charge >= 0.3 is 0 Å². The zero-order valence-electron chi connectivity index (χ0n) is 13.6. The van der Waals surface area contributed by atoms with E-state index in [1.54, 1.807) is 0 Å². The van der Waals surface area contributed by atoms with Crippen LogP contribution >= 0.6 is 0 Å². The Bertz CT molecular complexity index is 603. The molecule has 0 saturated carbocycles. The first-order chi connectivity index (χ1) is 10.5. The summed E-state index contributed by atoms with van der Waals surface area (Å²) >= 11 is 0. The first-order valence-corrected chi connectivity index (χ1v) is 7.92. The third-order valence-corrected chi connectivity index (χ3v) is 4.49. The fraction of sp³-hybridized carbons (Fsp3) is 0.333. The third kappa shape index (κ3) is 3.40. The summed E-state index contributed by atoms with van der Waals surface area (Å²) in [6.45, 7) is 6.43. The molecule has 2 aromatic carbocycles. The van der Waals surface area contributed by atoms with Crippen molar-refractivity contribution in [3.63, 3.8) is 0 Å². The molecular weight excluding hydrogens is 268 g/mol. The van der Waals surface area contributed by atoms with E-state index in [-0.39, 0.29) is 5.41 Å². The molecule has 114 valence electrons. The van der Waals surface area contributed by atoms with Crippen LogP contribution in [0.4, 0.5) is 0 Å². The number of hydrogen-bond acceptors (Lipinski definition) is 1. The first-order valence-electron chi connectivity index (χ1n) is 7.92. The molecule has 1 heteroatoms. The molecule has 2 rings (SSSR count). The predicted octanol–water partition coefficient (Wildman–Crippen LogP) is 4.75.